The van der Waals surface area contributed by atoms with Gasteiger partial charge < -0.3 is 20.3 Å². The number of rotatable bonds is 17. The highest BCUT2D eigenvalue weighted by Crippen LogP contribution is 2.32. The zero-order valence-corrected chi connectivity index (χ0v) is 33.0. The van der Waals surface area contributed by atoms with Crippen LogP contribution in [0.1, 0.15) is 112 Å². The van der Waals surface area contributed by atoms with Crippen molar-refractivity contribution in [1.29, 1.82) is 0 Å². The van der Waals surface area contributed by atoms with Crippen LogP contribution in [0, 0.1) is 17.7 Å². The van der Waals surface area contributed by atoms with Gasteiger partial charge in [0.2, 0.25) is 11.8 Å². The van der Waals surface area contributed by atoms with Gasteiger partial charge in [-0.15, -0.1) is 11.3 Å². The fraction of sp³-hybridized carbons (Fsp3) is 0.537. The topological polar surface area (TPSA) is 121 Å². The van der Waals surface area contributed by atoms with Crippen LogP contribution in [0.2, 0.25) is 0 Å². The van der Waals surface area contributed by atoms with Crippen molar-refractivity contribution in [1.82, 2.24) is 25.4 Å². The van der Waals surface area contributed by atoms with Crippen LogP contribution in [0.5, 0.6) is 0 Å². The number of ether oxygens (including phenoxy) is 1. The molecule has 2 aromatic carbocycles. The number of likely N-dealkylation sites (N-methyl/N-ethyl adjacent to an activating group) is 2. The van der Waals surface area contributed by atoms with Crippen LogP contribution in [-0.2, 0) is 25.5 Å². The lowest BCUT2D eigenvalue weighted by atomic mass is 9.94. The third-order valence-electron chi connectivity index (χ3n) is 10.3. The molecule has 0 spiro atoms. The van der Waals surface area contributed by atoms with Crippen molar-refractivity contribution in [3.05, 3.63) is 87.6 Å². The molecule has 2 heterocycles. The highest BCUT2D eigenvalue weighted by Gasteiger charge is 2.36. The van der Waals surface area contributed by atoms with Crippen LogP contribution in [0.3, 0.4) is 0 Å². The number of nitrogens with zero attached hydrogens (tertiary/aromatic N) is 3. The lowest BCUT2D eigenvalue weighted by molar-refractivity contribution is -0.149. The largest absolute Gasteiger partial charge is 0.455 e. The van der Waals surface area contributed by atoms with Gasteiger partial charge in [0.15, 0.2) is 6.10 Å². The molecule has 12 heteroatoms. The van der Waals surface area contributed by atoms with Crippen LogP contribution < -0.4 is 10.6 Å². The highest BCUT2D eigenvalue weighted by atomic mass is 32.1. The fourth-order valence-corrected chi connectivity index (χ4v) is 7.83. The van der Waals surface area contributed by atoms with Crippen LogP contribution in [0.4, 0.5) is 4.39 Å². The number of carbonyl (C=O) groups excluding carboxylic acids is 4. The first-order valence-corrected chi connectivity index (χ1v) is 19.6. The molecule has 3 amide bonds. The lowest BCUT2D eigenvalue weighted by Crippen LogP contribution is -2.52. The van der Waals surface area contributed by atoms with E-state index in [1.807, 2.05) is 44.0 Å². The second-order valence-corrected chi connectivity index (χ2v) is 15.6. The Morgan fingerprint density at radius 3 is 2.34 bits per heavy atom. The molecule has 0 aliphatic carbocycles. The molecular formula is C41H56FN5O5S. The Morgan fingerprint density at radius 1 is 1.02 bits per heavy atom. The number of esters is 1. The average Bonchev–Trinajstić information content (AvgIpc) is 3.63. The SMILES string of the molecule is CC[C@H](C)C[C@H](Cc1ccccc1)NC(=O)c1csc([C@@H](C[C@H](C(C)C)N(C)C(=O)[C@@H](NC(=O)[C@H]2CCCCN2C)c2ccc(F)cc2)OC(C)=O)n1. The van der Waals surface area contributed by atoms with Crippen molar-refractivity contribution < 1.29 is 28.3 Å². The molecule has 4 rings (SSSR count). The molecule has 10 nitrogen and oxygen atoms in total. The van der Waals surface area contributed by atoms with E-state index in [1.54, 1.807) is 17.3 Å². The summed E-state index contributed by atoms with van der Waals surface area (Å²) in [6, 6.07) is 13.6. The quantitative estimate of drug-likeness (QED) is 0.145. The number of likely N-dealkylation sites (tertiary alicyclic amines) is 1. The maximum atomic E-state index is 14.4. The van der Waals surface area contributed by atoms with Gasteiger partial charge in [0.05, 0.1) is 6.04 Å². The predicted octanol–water partition coefficient (Wildman–Crippen LogP) is 6.88. The van der Waals surface area contributed by atoms with E-state index >= 15 is 0 Å². The van der Waals surface area contributed by atoms with Gasteiger partial charge in [-0.2, -0.15) is 0 Å². The van der Waals surface area contributed by atoms with Crippen molar-refractivity contribution in [2.45, 2.75) is 110 Å². The van der Waals surface area contributed by atoms with Gasteiger partial charge in [0, 0.05) is 37.9 Å². The first-order valence-electron chi connectivity index (χ1n) is 18.8. The van der Waals surface area contributed by atoms with Crippen LogP contribution in [0.25, 0.3) is 0 Å². The Morgan fingerprint density at radius 2 is 1.72 bits per heavy atom. The normalized spacial score (nSPS) is 17.6. The Hall–Kier alpha value is -4.16. The third kappa shape index (κ3) is 11.9. The number of nitrogens with one attached hydrogen (secondary N) is 2. The Balaban J connectivity index is 1.55. The predicted molar refractivity (Wildman–Crippen MR) is 206 cm³/mol. The maximum Gasteiger partial charge on any atom is 0.303 e. The van der Waals surface area contributed by atoms with E-state index in [9.17, 15) is 23.6 Å². The molecule has 53 heavy (non-hydrogen) atoms. The molecule has 0 bridgehead atoms. The minimum absolute atomic E-state index is 0.0905. The van der Waals surface area contributed by atoms with E-state index in [-0.39, 0.29) is 47.8 Å². The summed E-state index contributed by atoms with van der Waals surface area (Å²) in [7, 11) is 3.57. The molecular weight excluding hydrogens is 694 g/mol. The van der Waals surface area contributed by atoms with Gasteiger partial charge in [0.25, 0.3) is 5.91 Å². The number of carbonyl (C=O) groups is 4. The lowest BCUT2D eigenvalue weighted by Gasteiger charge is -2.37. The summed E-state index contributed by atoms with van der Waals surface area (Å²) in [6.07, 6.45) is 4.47. The molecule has 1 aliphatic heterocycles. The summed E-state index contributed by atoms with van der Waals surface area (Å²) >= 11 is 1.23. The average molecular weight is 750 g/mol. The second-order valence-electron chi connectivity index (χ2n) is 14.8. The van der Waals surface area contributed by atoms with Crippen LogP contribution in [-0.4, -0.2) is 77.2 Å². The summed E-state index contributed by atoms with van der Waals surface area (Å²) in [5, 5.41) is 8.28. The van der Waals surface area contributed by atoms with Crippen molar-refractivity contribution in [2.24, 2.45) is 11.8 Å². The zero-order chi connectivity index (χ0) is 38.7. The number of piperidine rings is 1. The van der Waals surface area contributed by atoms with Crippen LogP contribution in [0.15, 0.2) is 60.0 Å². The van der Waals surface area contributed by atoms with Gasteiger partial charge in [0.1, 0.15) is 22.6 Å². The van der Waals surface area contributed by atoms with E-state index in [4.69, 9.17) is 4.74 Å². The maximum absolute atomic E-state index is 14.4. The van der Waals surface area contributed by atoms with E-state index < -0.39 is 30.0 Å². The molecule has 0 radical (unpaired) electrons. The summed E-state index contributed by atoms with van der Waals surface area (Å²) < 4.78 is 19.8. The van der Waals surface area contributed by atoms with E-state index in [1.165, 1.54) is 42.5 Å². The van der Waals surface area contributed by atoms with Crippen molar-refractivity contribution >= 4 is 35.0 Å². The molecule has 3 aromatic rings. The number of hydrogen-bond acceptors (Lipinski definition) is 8. The third-order valence-corrected chi connectivity index (χ3v) is 11.2. The Kier molecular flexibility index (Phi) is 15.5. The minimum Gasteiger partial charge on any atom is -0.455 e. The molecule has 1 saturated heterocycles. The number of hydrogen-bond donors (Lipinski definition) is 2. The van der Waals surface area contributed by atoms with E-state index in [2.05, 4.69) is 41.6 Å². The van der Waals surface area contributed by atoms with Crippen molar-refractivity contribution in [2.75, 3.05) is 20.6 Å². The Labute approximate surface area is 317 Å². The van der Waals surface area contributed by atoms with Gasteiger partial charge >= 0.3 is 5.97 Å². The standard InChI is InChI=1S/C41H56FN5O5S/c1-8-27(4)22-32(23-29-14-10-9-11-15-29)43-38(49)33-25-53-40(44-33)36(52-28(5)48)24-35(26(2)3)47(7)41(51)37(30-17-19-31(42)20-18-30)45-39(50)34-16-12-13-21-46(34)6/h9-11,14-15,17-20,25-27,32,34-37H,8,12-13,16,21-24H2,1-7H3,(H,43,49)(H,45,50)/t27-,32+,34+,35+,36+,37-/m0/s1. The number of halogens is 1. The smallest absolute Gasteiger partial charge is 0.303 e. The minimum atomic E-state index is -1.06. The van der Waals surface area contributed by atoms with E-state index in [0.717, 1.165) is 37.8 Å². The van der Waals surface area contributed by atoms with Crippen molar-refractivity contribution in [3.8, 4) is 0 Å². The second kappa shape index (κ2) is 19.8. The number of aromatic nitrogens is 1. The van der Waals surface area contributed by atoms with E-state index in [0.29, 0.717) is 29.3 Å². The molecule has 1 aromatic heterocycles. The molecule has 1 fully saturated rings. The molecule has 6 atom stereocenters. The zero-order valence-electron chi connectivity index (χ0n) is 32.1. The molecule has 2 N–H and O–H groups in total. The summed E-state index contributed by atoms with van der Waals surface area (Å²) in [5.74, 6) is -1.59. The number of amides is 3. The molecule has 0 saturated carbocycles. The highest BCUT2D eigenvalue weighted by molar-refractivity contribution is 7.09. The van der Waals surface area contributed by atoms with Gasteiger partial charge in [-0.25, -0.2) is 9.37 Å². The summed E-state index contributed by atoms with van der Waals surface area (Å²) in [4.78, 5) is 62.1. The molecule has 0 unspecified atom stereocenters. The summed E-state index contributed by atoms with van der Waals surface area (Å²) in [5.41, 5.74) is 1.83. The van der Waals surface area contributed by atoms with Gasteiger partial charge in [-0.05, 0) is 74.4 Å². The summed E-state index contributed by atoms with van der Waals surface area (Å²) in [6.45, 7) is 10.3. The van der Waals surface area contributed by atoms with Crippen LogP contribution >= 0.6 is 11.3 Å². The van der Waals surface area contributed by atoms with Gasteiger partial charge in [-0.3, -0.25) is 24.1 Å². The number of benzene rings is 2. The fourth-order valence-electron chi connectivity index (χ4n) is 6.99. The van der Waals surface area contributed by atoms with Crippen molar-refractivity contribution in [3.63, 3.8) is 0 Å². The first-order chi connectivity index (χ1) is 25.3. The number of thiazole rings is 1. The van der Waals surface area contributed by atoms with Gasteiger partial charge in [-0.1, -0.05) is 83.0 Å². The Bertz CT molecular complexity index is 1650. The molecule has 288 valence electrons. The first kappa shape index (κ1) is 41.6. The molecule has 1 aliphatic rings. The monoisotopic (exact) mass is 749 g/mol.